The first-order chi connectivity index (χ1) is 6.81. The predicted molar refractivity (Wildman–Crippen MR) is 64.4 cm³/mol. The Morgan fingerprint density at radius 2 is 1.86 bits per heavy atom. The van der Waals surface area contributed by atoms with Crippen molar-refractivity contribution in [1.82, 2.24) is 4.57 Å². The van der Waals surface area contributed by atoms with Crippen LogP contribution in [0.1, 0.15) is 5.69 Å². The standard InChI is InChI=1S/C11H10INO/c12-9-3-5-10(6-4-9)13-7-1-2-11(13)8-14/h1-7,14H,8H2. The maximum absolute atomic E-state index is 9.10. The van der Waals surface area contributed by atoms with Crippen molar-refractivity contribution in [2.45, 2.75) is 6.61 Å². The van der Waals surface area contributed by atoms with Gasteiger partial charge in [0.05, 0.1) is 6.61 Å². The molecule has 0 spiro atoms. The maximum atomic E-state index is 9.10. The van der Waals surface area contributed by atoms with Crippen LogP contribution < -0.4 is 0 Å². The highest BCUT2D eigenvalue weighted by atomic mass is 127. The number of hydrogen-bond acceptors (Lipinski definition) is 1. The fourth-order valence-electron chi connectivity index (χ4n) is 1.40. The summed E-state index contributed by atoms with van der Waals surface area (Å²) in [6.45, 7) is 0.0684. The van der Waals surface area contributed by atoms with Gasteiger partial charge in [-0.15, -0.1) is 0 Å². The molecule has 0 aliphatic carbocycles. The number of aromatic nitrogens is 1. The molecular weight excluding hydrogens is 289 g/mol. The summed E-state index contributed by atoms with van der Waals surface area (Å²) in [5.41, 5.74) is 1.99. The van der Waals surface area contributed by atoms with Crippen LogP contribution in [0.25, 0.3) is 5.69 Å². The van der Waals surface area contributed by atoms with Crippen LogP contribution in [0.15, 0.2) is 42.6 Å². The lowest BCUT2D eigenvalue weighted by Gasteiger charge is -2.06. The van der Waals surface area contributed by atoms with E-state index in [2.05, 4.69) is 34.7 Å². The number of halogens is 1. The zero-order valence-electron chi connectivity index (χ0n) is 7.52. The number of rotatable bonds is 2. The van der Waals surface area contributed by atoms with Gasteiger partial charge in [0.15, 0.2) is 0 Å². The first-order valence-electron chi connectivity index (χ1n) is 4.34. The van der Waals surface area contributed by atoms with Crippen LogP contribution in [0.2, 0.25) is 0 Å². The van der Waals surface area contributed by atoms with Crippen molar-refractivity contribution in [2.75, 3.05) is 0 Å². The number of benzene rings is 1. The lowest BCUT2D eigenvalue weighted by atomic mass is 10.3. The highest BCUT2D eigenvalue weighted by molar-refractivity contribution is 14.1. The van der Waals surface area contributed by atoms with Gasteiger partial charge in [-0.2, -0.15) is 0 Å². The van der Waals surface area contributed by atoms with Gasteiger partial charge in [0.1, 0.15) is 0 Å². The molecule has 1 heterocycles. The van der Waals surface area contributed by atoms with Crippen LogP contribution in [0.3, 0.4) is 0 Å². The smallest absolute Gasteiger partial charge is 0.0836 e. The Kier molecular flexibility index (Phi) is 2.88. The van der Waals surface area contributed by atoms with E-state index in [1.165, 1.54) is 3.57 Å². The fourth-order valence-corrected chi connectivity index (χ4v) is 1.76. The average Bonchev–Trinajstić information content (AvgIpc) is 2.67. The van der Waals surface area contributed by atoms with E-state index in [4.69, 9.17) is 5.11 Å². The van der Waals surface area contributed by atoms with Crippen LogP contribution in [-0.2, 0) is 6.61 Å². The van der Waals surface area contributed by atoms with E-state index in [0.717, 1.165) is 11.4 Å². The normalized spacial score (nSPS) is 10.4. The quantitative estimate of drug-likeness (QED) is 0.847. The second kappa shape index (κ2) is 4.14. The van der Waals surface area contributed by atoms with Crippen LogP contribution in [-0.4, -0.2) is 9.67 Å². The summed E-state index contributed by atoms with van der Waals surface area (Å²) < 4.78 is 3.19. The molecule has 72 valence electrons. The minimum Gasteiger partial charge on any atom is -0.390 e. The number of aliphatic hydroxyl groups excluding tert-OH is 1. The van der Waals surface area contributed by atoms with E-state index in [1.807, 2.05) is 35.0 Å². The highest BCUT2D eigenvalue weighted by Crippen LogP contribution is 2.14. The summed E-state index contributed by atoms with van der Waals surface area (Å²) in [6.07, 6.45) is 1.95. The monoisotopic (exact) mass is 299 g/mol. The molecule has 1 N–H and O–H groups in total. The van der Waals surface area contributed by atoms with Crippen molar-refractivity contribution < 1.29 is 5.11 Å². The molecule has 0 aliphatic rings. The van der Waals surface area contributed by atoms with Crippen molar-refractivity contribution in [3.05, 3.63) is 51.9 Å². The van der Waals surface area contributed by atoms with Gasteiger partial charge in [0, 0.05) is 21.1 Å². The van der Waals surface area contributed by atoms with E-state index in [9.17, 15) is 0 Å². The molecule has 2 aromatic rings. The van der Waals surface area contributed by atoms with Gasteiger partial charge in [-0.3, -0.25) is 0 Å². The molecule has 2 nitrogen and oxygen atoms in total. The molecule has 0 fully saturated rings. The summed E-state index contributed by atoms with van der Waals surface area (Å²) >= 11 is 2.27. The summed E-state index contributed by atoms with van der Waals surface area (Å²) in [5.74, 6) is 0. The molecule has 0 amide bonds. The Morgan fingerprint density at radius 3 is 2.50 bits per heavy atom. The molecule has 2 rings (SSSR count). The average molecular weight is 299 g/mol. The number of nitrogens with zero attached hydrogens (tertiary/aromatic N) is 1. The van der Waals surface area contributed by atoms with Crippen molar-refractivity contribution in [3.63, 3.8) is 0 Å². The fraction of sp³-hybridized carbons (Fsp3) is 0.0909. The molecular formula is C11H10INO. The Balaban J connectivity index is 2.44. The van der Waals surface area contributed by atoms with E-state index in [0.29, 0.717) is 0 Å². The molecule has 0 unspecified atom stereocenters. The molecule has 0 bridgehead atoms. The van der Waals surface area contributed by atoms with Gasteiger partial charge >= 0.3 is 0 Å². The third-order valence-corrected chi connectivity index (χ3v) is 2.82. The van der Waals surface area contributed by atoms with Gasteiger partial charge in [-0.1, -0.05) is 0 Å². The number of aliphatic hydroxyl groups is 1. The predicted octanol–water partition coefficient (Wildman–Crippen LogP) is 2.57. The SMILES string of the molecule is OCc1cccn1-c1ccc(I)cc1. The first-order valence-corrected chi connectivity index (χ1v) is 5.42. The lowest BCUT2D eigenvalue weighted by Crippen LogP contribution is -1.97. The van der Waals surface area contributed by atoms with Crippen LogP contribution in [0.4, 0.5) is 0 Å². The summed E-state index contributed by atoms with van der Waals surface area (Å²) in [7, 11) is 0. The Hall–Kier alpha value is -0.810. The summed E-state index contributed by atoms with van der Waals surface area (Å²) in [5, 5.41) is 9.10. The lowest BCUT2D eigenvalue weighted by molar-refractivity contribution is 0.274. The van der Waals surface area contributed by atoms with Gasteiger partial charge in [0.25, 0.3) is 0 Å². The van der Waals surface area contributed by atoms with E-state index < -0.39 is 0 Å². The van der Waals surface area contributed by atoms with Crippen LogP contribution in [0, 0.1) is 3.57 Å². The Morgan fingerprint density at radius 1 is 1.14 bits per heavy atom. The molecule has 3 heteroatoms. The molecule has 0 radical (unpaired) electrons. The summed E-state index contributed by atoms with van der Waals surface area (Å²) in [6, 6.07) is 12.0. The van der Waals surface area contributed by atoms with Crippen molar-refractivity contribution in [3.8, 4) is 5.69 Å². The Labute approximate surface area is 96.3 Å². The zero-order valence-corrected chi connectivity index (χ0v) is 9.68. The van der Waals surface area contributed by atoms with Gasteiger partial charge in [-0.05, 0) is 59.0 Å². The third-order valence-electron chi connectivity index (χ3n) is 2.10. The zero-order chi connectivity index (χ0) is 9.97. The molecule has 14 heavy (non-hydrogen) atoms. The largest absolute Gasteiger partial charge is 0.390 e. The van der Waals surface area contributed by atoms with E-state index in [1.54, 1.807) is 0 Å². The maximum Gasteiger partial charge on any atom is 0.0836 e. The van der Waals surface area contributed by atoms with E-state index in [-0.39, 0.29) is 6.61 Å². The minimum absolute atomic E-state index is 0.0684. The third kappa shape index (κ3) is 1.83. The molecule has 0 saturated heterocycles. The molecule has 0 saturated carbocycles. The highest BCUT2D eigenvalue weighted by Gasteiger charge is 2.00. The van der Waals surface area contributed by atoms with Crippen LogP contribution >= 0.6 is 22.6 Å². The second-order valence-corrected chi connectivity index (χ2v) is 4.25. The topological polar surface area (TPSA) is 25.2 Å². The number of hydrogen-bond donors (Lipinski definition) is 1. The van der Waals surface area contributed by atoms with Gasteiger partial charge in [-0.25, -0.2) is 0 Å². The summed E-state index contributed by atoms with van der Waals surface area (Å²) in [4.78, 5) is 0. The minimum atomic E-state index is 0.0684. The van der Waals surface area contributed by atoms with Gasteiger partial charge < -0.3 is 9.67 Å². The van der Waals surface area contributed by atoms with Gasteiger partial charge in [0.2, 0.25) is 0 Å². The molecule has 1 aromatic carbocycles. The van der Waals surface area contributed by atoms with Crippen molar-refractivity contribution in [2.24, 2.45) is 0 Å². The molecule has 0 atom stereocenters. The second-order valence-electron chi connectivity index (χ2n) is 3.00. The Bertz CT molecular complexity index is 419. The van der Waals surface area contributed by atoms with Crippen molar-refractivity contribution in [1.29, 1.82) is 0 Å². The molecule has 1 aromatic heterocycles. The first kappa shape index (κ1) is 9.73. The van der Waals surface area contributed by atoms with E-state index >= 15 is 0 Å². The van der Waals surface area contributed by atoms with Crippen LogP contribution in [0.5, 0.6) is 0 Å². The molecule has 0 aliphatic heterocycles. The van der Waals surface area contributed by atoms with Crippen molar-refractivity contribution >= 4 is 22.6 Å².